The molecule has 2 aromatic rings. The molecule has 4 rings (SSSR count). The fourth-order valence-corrected chi connectivity index (χ4v) is 54.6. The van der Waals surface area contributed by atoms with Crippen LogP contribution in [0.2, 0.25) is 52.4 Å². The van der Waals surface area contributed by atoms with Gasteiger partial charge in [-0.05, 0) is 0 Å². The standard InChI is InChI=1S/2C18H27Si.C2H7Si.2ClH.Zr/c2*1-12(2)14-8-15-9-16(19(5,6)7)11-18(15)17(10-14)13(3)4;1-3-2;;;/h2*8-13H,1-7H3;3H,1-2H3;2*1H;/q;;;;;+2/p-2. The normalized spacial score (nSPS) is 20.0. The van der Waals surface area contributed by atoms with Gasteiger partial charge in [-0.3, -0.25) is 0 Å². The number of benzene rings is 2. The maximum atomic E-state index is 8.93. The molecule has 44 heavy (non-hydrogen) atoms. The summed E-state index contributed by atoms with van der Waals surface area (Å²) in [6.07, 6.45) is 5.25. The topological polar surface area (TPSA) is 0 Å². The van der Waals surface area contributed by atoms with Crippen LogP contribution >= 0.6 is 17.0 Å². The molecule has 0 amide bonds. The molecular weight excluding hydrogens is 703 g/mol. The van der Waals surface area contributed by atoms with Gasteiger partial charge in [0, 0.05) is 0 Å². The fraction of sp³-hybridized carbons (Fsp3) is 0.579. The third kappa shape index (κ3) is 6.06. The third-order valence-corrected chi connectivity index (χ3v) is 68.2. The van der Waals surface area contributed by atoms with E-state index in [1.54, 1.807) is 10.4 Å². The predicted molar refractivity (Wildman–Crippen MR) is 208 cm³/mol. The first-order valence-corrected chi connectivity index (χ1v) is 40.6. The Morgan fingerprint density at radius 1 is 0.568 bits per heavy atom. The quantitative estimate of drug-likeness (QED) is 0.223. The van der Waals surface area contributed by atoms with Crippen molar-refractivity contribution in [3.63, 3.8) is 0 Å². The number of allylic oxidation sites excluding steroid dienone is 2. The predicted octanol–water partition coefficient (Wildman–Crippen LogP) is 13.5. The summed E-state index contributed by atoms with van der Waals surface area (Å²) in [7, 11) is 14.3. The van der Waals surface area contributed by atoms with Crippen LogP contribution in [-0.2, 0) is 15.6 Å². The van der Waals surface area contributed by atoms with Crippen molar-refractivity contribution in [1.82, 2.24) is 0 Å². The van der Waals surface area contributed by atoms with Gasteiger partial charge in [-0.1, -0.05) is 0 Å². The van der Waals surface area contributed by atoms with Gasteiger partial charge in [0.15, 0.2) is 0 Å². The fourth-order valence-electron chi connectivity index (χ4n) is 8.01. The molecule has 0 N–H and O–H groups in total. The van der Waals surface area contributed by atoms with Crippen molar-refractivity contribution < 1.29 is 15.6 Å². The second-order valence-corrected chi connectivity index (χ2v) is 70.5. The molecule has 0 spiro atoms. The first kappa shape index (κ1) is 36.9. The Bertz CT molecular complexity index is 1410. The molecule has 2 unspecified atom stereocenters. The van der Waals surface area contributed by atoms with Crippen LogP contribution in [0.4, 0.5) is 0 Å². The number of rotatable bonds is 9. The molecule has 2 atom stereocenters. The van der Waals surface area contributed by atoms with E-state index in [9.17, 15) is 0 Å². The Labute approximate surface area is 282 Å². The molecule has 0 heterocycles. The Balaban J connectivity index is 2.21. The average molecular weight is 764 g/mol. The summed E-state index contributed by atoms with van der Waals surface area (Å²) in [6.45, 7) is 39.1. The van der Waals surface area contributed by atoms with Gasteiger partial charge < -0.3 is 0 Å². The number of halogens is 2. The molecule has 0 radical (unpaired) electrons. The number of fused-ring (bicyclic) bond motifs is 2. The Morgan fingerprint density at radius 3 is 1.11 bits per heavy atom. The van der Waals surface area contributed by atoms with Gasteiger partial charge in [0.2, 0.25) is 0 Å². The minimum absolute atomic E-state index is 0.185. The summed E-state index contributed by atoms with van der Waals surface area (Å²) in [5.74, 6) is 0.212. The van der Waals surface area contributed by atoms with Gasteiger partial charge in [-0.25, -0.2) is 0 Å². The molecule has 2 aromatic carbocycles. The summed E-state index contributed by atoms with van der Waals surface area (Å²) < 4.78 is 0.371. The van der Waals surface area contributed by atoms with Crippen molar-refractivity contribution in [3.05, 3.63) is 79.2 Å². The summed E-state index contributed by atoms with van der Waals surface area (Å²) in [5, 5.41) is 3.25. The molecule has 2 aliphatic rings. The Morgan fingerprint density at radius 2 is 0.886 bits per heavy atom. The number of hydrogen-bond acceptors (Lipinski definition) is 0. The van der Waals surface area contributed by atoms with Crippen LogP contribution in [0.25, 0.3) is 12.2 Å². The second kappa shape index (κ2) is 12.2. The van der Waals surface area contributed by atoms with Crippen LogP contribution in [-0.4, -0.2) is 22.1 Å². The molecule has 0 aliphatic heterocycles. The van der Waals surface area contributed by atoms with Gasteiger partial charge in [0.1, 0.15) is 0 Å². The molecule has 0 fully saturated rings. The molecule has 6 heteroatoms. The van der Waals surface area contributed by atoms with Crippen LogP contribution in [0, 0.1) is 0 Å². The van der Waals surface area contributed by atoms with Gasteiger partial charge in [0.05, 0.1) is 0 Å². The van der Waals surface area contributed by atoms with E-state index < -0.39 is 37.6 Å². The first-order chi connectivity index (χ1) is 19.9. The Kier molecular flexibility index (Phi) is 10.2. The van der Waals surface area contributed by atoms with E-state index in [2.05, 4.69) is 144 Å². The van der Waals surface area contributed by atoms with Crippen molar-refractivity contribution in [2.24, 2.45) is 0 Å². The van der Waals surface area contributed by atoms with E-state index in [4.69, 9.17) is 17.0 Å². The molecule has 0 saturated heterocycles. The molecule has 0 aromatic heterocycles. The zero-order valence-electron chi connectivity index (χ0n) is 30.8. The van der Waals surface area contributed by atoms with Crippen LogP contribution < -0.4 is 0 Å². The van der Waals surface area contributed by atoms with Crippen molar-refractivity contribution >= 4 is 51.2 Å². The molecule has 2 aliphatic carbocycles. The van der Waals surface area contributed by atoms with E-state index in [1.807, 2.05) is 0 Å². The van der Waals surface area contributed by atoms with Crippen LogP contribution in [0.1, 0.15) is 131 Å². The van der Waals surface area contributed by atoms with Gasteiger partial charge in [-0.15, -0.1) is 0 Å². The molecule has 243 valence electrons. The number of hydrogen-bond donors (Lipinski definition) is 0. The SMILES string of the molecule is CC(C)c1cc(C(C)C)c2c(c1)[CH]([Zr]([Cl])([Cl])([CH]1C([Si](C)(C)C)=Cc3c(C(C)C)cc(C(C)C)cc31)[SiH](C)C)C([Si](C)(C)C)=C2. The monoisotopic (exact) mass is 761 g/mol. The minimum atomic E-state index is -4.87. The van der Waals surface area contributed by atoms with Crippen LogP contribution in [0.5, 0.6) is 0 Å². The van der Waals surface area contributed by atoms with Crippen molar-refractivity contribution in [1.29, 1.82) is 0 Å². The zero-order chi connectivity index (χ0) is 33.5. The van der Waals surface area contributed by atoms with E-state index in [0.29, 0.717) is 23.7 Å². The van der Waals surface area contributed by atoms with E-state index >= 15 is 0 Å². The molecular formula is C38H61Cl2Si3Zr. The van der Waals surface area contributed by atoms with Crippen molar-refractivity contribution in [2.75, 3.05) is 0 Å². The molecule has 0 bridgehead atoms. The average Bonchev–Trinajstić information content (AvgIpc) is 3.47. The molecule has 0 nitrogen and oxygen atoms in total. The Hall–Kier alpha value is 0.0338. The summed E-state index contributed by atoms with van der Waals surface area (Å²) in [5.41, 5.74) is 11.7. The first-order valence-electron chi connectivity index (χ1n) is 17.3. The van der Waals surface area contributed by atoms with E-state index in [1.165, 1.54) is 44.5 Å². The van der Waals surface area contributed by atoms with Gasteiger partial charge in [0.25, 0.3) is 0 Å². The van der Waals surface area contributed by atoms with Crippen LogP contribution in [0.15, 0.2) is 34.7 Å². The van der Waals surface area contributed by atoms with Crippen molar-refractivity contribution in [3.8, 4) is 0 Å². The zero-order valence-corrected chi connectivity index (χ0v) is 37.9. The second-order valence-electron chi connectivity index (χ2n) is 17.8. The van der Waals surface area contributed by atoms with E-state index in [-0.39, 0.29) is 7.25 Å². The molecule has 0 saturated carbocycles. The van der Waals surface area contributed by atoms with Gasteiger partial charge >= 0.3 is 285 Å². The van der Waals surface area contributed by atoms with E-state index in [0.717, 1.165) is 0 Å². The third-order valence-electron chi connectivity index (χ3n) is 10.9. The maximum absolute atomic E-state index is 8.93. The van der Waals surface area contributed by atoms with Gasteiger partial charge in [-0.2, -0.15) is 0 Å². The van der Waals surface area contributed by atoms with Crippen LogP contribution in [0.3, 0.4) is 0 Å². The van der Waals surface area contributed by atoms with Crippen molar-refractivity contribution in [2.45, 2.75) is 139 Å². The summed E-state index contributed by atoms with van der Waals surface area (Å²) >= 11 is -4.87. The summed E-state index contributed by atoms with van der Waals surface area (Å²) in [4.78, 5) is 0. The summed E-state index contributed by atoms with van der Waals surface area (Å²) in [6, 6.07) is 10.1.